The molecule has 4 heteroatoms. The number of aliphatic hydroxyl groups is 1. The molecule has 2 aromatic rings. The van der Waals surface area contributed by atoms with Crippen LogP contribution < -0.4 is 0 Å². The zero-order valence-corrected chi connectivity index (χ0v) is 10.8. The van der Waals surface area contributed by atoms with Gasteiger partial charge in [-0.1, -0.05) is 23.7 Å². The Hall–Kier alpha value is -0.350. The minimum absolute atomic E-state index is 0.621. The van der Waals surface area contributed by atoms with Gasteiger partial charge in [-0.15, -0.1) is 0 Å². The van der Waals surface area contributed by atoms with Crippen molar-refractivity contribution in [2.45, 2.75) is 6.10 Å². The molecule has 0 aliphatic rings. The highest BCUT2D eigenvalue weighted by atomic mass is 79.9. The minimum Gasteiger partial charge on any atom is -0.384 e. The highest BCUT2D eigenvalue weighted by Crippen LogP contribution is 2.32. The molecule has 1 aromatic heterocycles. The number of hydrogen-bond acceptors (Lipinski definition) is 2. The first-order valence-corrected chi connectivity index (χ1v) is 6.45. The first-order valence-electron chi connectivity index (χ1n) is 4.33. The molecule has 2 rings (SSSR count). The quantitative estimate of drug-likeness (QED) is 0.879. The van der Waals surface area contributed by atoms with E-state index in [0.717, 1.165) is 15.6 Å². The molecule has 0 unspecified atom stereocenters. The molecule has 0 radical (unpaired) electrons. The maximum Gasteiger partial charge on any atom is 0.106 e. The van der Waals surface area contributed by atoms with Crippen LogP contribution in [0.1, 0.15) is 17.2 Å². The SMILES string of the molecule is O[C@@H](c1cccc(Cl)c1)c1cscc1Br. The predicted molar refractivity (Wildman–Crippen MR) is 67.5 cm³/mol. The van der Waals surface area contributed by atoms with Crippen molar-refractivity contribution in [3.63, 3.8) is 0 Å². The summed E-state index contributed by atoms with van der Waals surface area (Å²) in [6.07, 6.45) is -0.621. The second-order valence-electron chi connectivity index (χ2n) is 3.13. The summed E-state index contributed by atoms with van der Waals surface area (Å²) in [5.74, 6) is 0. The van der Waals surface area contributed by atoms with Crippen LogP contribution in [0.15, 0.2) is 39.5 Å². The zero-order chi connectivity index (χ0) is 10.8. The molecule has 0 spiro atoms. The summed E-state index contributed by atoms with van der Waals surface area (Å²) in [6.45, 7) is 0. The first kappa shape index (κ1) is 11.1. The van der Waals surface area contributed by atoms with Gasteiger partial charge in [-0.05, 0) is 39.0 Å². The molecule has 1 aromatic carbocycles. The van der Waals surface area contributed by atoms with Crippen molar-refractivity contribution < 1.29 is 5.11 Å². The Bertz CT molecular complexity index is 469. The van der Waals surface area contributed by atoms with Crippen molar-refractivity contribution in [3.05, 3.63) is 55.6 Å². The molecule has 0 bridgehead atoms. The third kappa shape index (κ3) is 2.42. The van der Waals surface area contributed by atoms with E-state index in [1.807, 2.05) is 22.9 Å². The standard InChI is InChI=1S/C11H8BrClOS/c12-10-6-15-5-9(10)11(14)7-2-1-3-8(13)4-7/h1-6,11,14H/t11-/m0/s1. The Morgan fingerprint density at radius 2 is 2.13 bits per heavy atom. The Kier molecular flexibility index (Phi) is 3.46. The van der Waals surface area contributed by atoms with Gasteiger partial charge in [-0.2, -0.15) is 11.3 Å². The van der Waals surface area contributed by atoms with Gasteiger partial charge in [0.05, 0.1) is 0 Å². The number of aliphatic hydroxyl groups excluding tert-OH is 1. The van der Waals surface area contributed by atoms with E-state index in [1.165, 1.54) is 0 Å². The fourth-order valence-corrected chi connectivity index (χ4v) is 3.07. The van der Waals surface area contributed by atoms with Gasteiger partial charge in [0.2, 0.25) is 0 Å². The van der Waals surface area contributed by atoms with E-state index in [1.54, 1.807) is 23.5 Å². The van der Waals surface area contributed by atoms with Crippen LogP contribution in [0.25, 0.3) is 0 Å². The number of hydrogen-bond donors (Lipinski definition) is 1. The Morgan fingerprint density at radius 1 is 1.33 bits per heavy atom. The lowest BCUT2D eigenvalue weighted by Gasteiger charge is -2.10. The summed E-state index contributed by atoms with van der Waals surface area (Å²) >= 11 is 10.8. The summed E-state index contributed by atoms with van der Waals surface area (Å²) < 4.78 is 0.931. The van der Waals surface area contributed by atoms with Gasteiger partial charge in [0.15, 0.2) is 0 Å². The van der Waals surface area contributed by atoms with Gasteiger partial charge < -0.3 is 5.11 Å². The van der Waals surface area contributed by atoms with E-state index in [2.05, 4.69) is 15.9 Å². The molecule has 78 valence electrons. The molecular weight excluding hydrogens is 296 g/mol. The number of thiophene rings is 1. The molecule has 1 nitrogen and oxygen atoms in total. The largest absolute Gasteiger partial charge is 0.384 e. The maximum absolute atomic E-state index is 10.1. The summed E-state index contributed by atoms with van der Waals surface area (Å²) in [4.78, 5) is 0. The second-order valence-corrected chi connectivity index (χ2v) is 5.17. The monoisotopic (exact) mass is 302 g/mol. The van der Waals surface area contributed by atoms with Gasteiger partial charge >= 0.3 is 0 Å². The van der Waals surface area contributed by atoms with Crippen molar-refractivity contribution in [1.82, 2.24) is 0 Å². The fraction of sp³-hybridized carbons (Fsp3) is 0.0909. The van der Waals surface area contributed by atoms with E-state index in [-0.39, 0.29) is 0 Å². The van der Waals surface area contributed by atoms with E-state index in [4.69, 9.17) is 11.6 Å². The van der Waals surface area contributed by atoms with Crippen LogP contribution in [-0.2, 0) is 0 Å². The van der Waals surface area contributed by atoms with Gasteiger partial charge in [-0.3, -0.25) is 0 Å². The van der Waals surface area contributed by atoms with Crippen molar-refractivity contribution in [1.29, 1.82) is 0 Å². The normalized spacial score (nSPS) is 12.7. The predicted octanol–water partition coefficient (Wildman–Crippen LogP) is 4.25. The van der Waals surface area contributed by atoms with Crippen molar-refractivity contribution >= 4 is 38.9 Å². The smallest absolute Gasteiger partial charge is 0.106 e. The molecule has 0 fully saturated rings. The second kappa shape index (κ2) is 4.66. The van der Waals surface area contributed by atoms with Crippen LogP contribution in [0, 0.1) is 0 Å². The maximum atomic E-state index is 10.1. The van der Waals surface area contributed by atoms with E-state index in [0.29, 0.717) is 5.02 Å². The Labute approximate surface area is 105 Å². The highest BCUT2D eigenvalue weighted by Gasteiger charge is 2.14. The van der Waals surface area contributed by atoms with Crippen LogP contribution in [0.2, 0.25) is 5.02 Å². The molecular formula is C11H8BrClOS. The van der Waals surface area contributed by atoms with E-state index < -0.39 is 6.10 Å². The molecule has 0 amide bonds. The van der Waals surface area contributed by atoms with Crippen LogP contribution >= 0.6 is 38.9 Å². The van der Waals surface area contributed by atoms with Gasteiger partial charge in [0, 0.05) is 20.4 Å². The number of benzene rings is 1. The molecule has 0 aliphatic heterocycles. The summed E-state index contributed by atoms with van der Waals surface area (Å²) in [6, 6.07) is 7.26. The molecule has 0 saturated carbocycles. The number of rotatable bonds is 2. The summed E-state index contributed by atoms with van der Waals surface area (Å²) in [5.41, 5.74) is 1.68. The van der Waals surface area contributed by atoms with Crippen LogP contribution in [0.3, 0.4) is 0 Å². The minimum atomic E-state index is -0.621. The van der Waals surface area contributed by atoms with Gasteiger partial charge in [0.25, 0.3) is 0 Å². The fourth-order valence-electron chi connectivity index (χ4n) is 1.34. The average molecular weight is 304 g/mol. The lowest BCUT2D eigenvalue weighted by Crippen LogP contribution is -1.98. The van der Waals surface area contributed by atoms with Crippen molar-refractivity contribution in [2.75, 3.05) is 0 Å². The van der Waals surface area contributed by atoms with Crippen LogP contribution in [0.4, 0.5) is 0 Å². The third-order valence-corrected chi connectivity index (χ3v) is 4.09. The molecule has 15 heavy (non-hydrogen) atoms. The molecule has 1 heterocycles. The summed E-state index contributed by atoms with van der Waals surface area (Å²) in [5, 5.41) is 14.6. The molecule has 0 aliphatic carbocycles. The number of halogens is 2. The first-order chi connectivity index (χ1) is 7.18. The summed E-state index contributed by atoms with van der Waals surface area (Å²) in [7, 11) is 0. The zero-order valence-electron chi connectivity index (χ0n) is 7.65. The Morgan fingerprint density at radius 3 is 2.73 bits per heavy atom. The average Bonchev–Trinajstić information content (AvgIpc) is 2.63. The molecule has 1 atom stereocenters. The highest BCUT2D eigenvalue weighted by molar-refractivity contribution is 9.10. The van der Waals surface area contributed by atoms with Gasteiger partial charge in [0.1, 0.15) is 6.10 Å². The van der Waals surface area contributed by atoms with Crippen molar-refractivity contribution in [2.24, 2.45) is 0 Å². The van der Waals surface area contributed by atoms with Crippen LogP contribution in [-0.4, -0.2) is 5.11 Å². The van der Waals surface area contributed by atoms with E-state index >= 15 is 0 Å². The Balaban J connectivity index is 2.36. The van der Waals surface area contributed by atoms with Gasteiger partial charge in [-0.25, -0.2) is 0 Å². The lowest BCUT2D eigenvalue weighted by molar-refractivity contribution is 0.220. The third-order valence-electron chi connectivity index (χ3n) is 2.10. The van der Waals surface area contributed by atoms with E-state index in [9.17, 15) is 5.11 Å². The molecule has 0 saturated heterocycles. The topological polar surface area (TPSA) is 20.2 Å². The van der Waals surface area contributed by atoms with Crippen LogP contribution in [0.5, 0.6) is 0 Å². The lowest BCUT2D eigenvalue weighted by atomic mass is 10.0. The van der Waals surface area contributed by atoms with Crippen molar-refractivity contribution in [3.8, 4) is 0 Å². The molecule has 1 N–H and O–H groups in total.